The first-order chi connectivity index (χ1) is 14.7. The molecule has 4 rings (SSSR count). The summed E-state index contributed by atoms with van der Waals surface area (Å²) in [6.07, 6.45) is 0.751. The zero-order valence-electron chi connectivity index (χ0n) is 16.8. The van der Waals surface area contributed by atoms with Gasteiger partial charge in [0.15, 0.2) is 0 Å². The third-order valence-corrected chi connectivity index (χ3v) is 10.2. The quantitative estimate of drug-likeness (QED) is 0.311. The number of thiazole rings is 1. The standard InChI is InChI=1S/C25H23NO2PS/c1-2-28-25(27)24-26-20(19-30-24)18-29(21-12-6-3-7-13-21,22-14-8-4-9-15-22)23-16-10-5-11-17-23/h3-17,19H,2,18H2,1H3/q+1. The minimum atomic E-state index is -2.02. The first kappa shape index (κ1) is 20.5. The predicted molar refractivity (Wildman–Crippen MR) is 127 cm³/mol. The number of esters is 1. The van der Waals surface area contributed by atoms with Gasteiger partial charge in [0, 0.05) is 5.38 Å². The summed E-state index contributed by atoms with van der Waals surface area (Å²) in [5.41, 5.74) is 0.924. The largest absolute Gasteiger partial charge is 0.461 e. The average molecular weight is 433 g/mol. The van der Waals surface area contributed by atoms with E-state index in [4.69, 9.17) is 4.74 Å². The molecule has 0 bridgehead atoms. The van der Waals surface area contributed by atoms with Crippen LogP contribution in [0.1, 0.15) is 22.4 Å². The number of carbonyl (C=O) groups is 1. The molecule has 0 N–H and O–H groups in total. The molecule has 1 aromatic heterocycles. The number of benzene rings is 3. The maximum atomic E-state index is 12.2. The number of rotatable bonds is 7. The van der Waals surface area contributed by atoms with Crippen LogP contribution >= 0.6 is 18.6 Å². The Morgan fingerprint density at radius 1 is 0.833 bits per heavy atom. The van der Waals surface area contributed by atoms with E-state index in [0.717, 1.165) is 11.9 Å². The Bertz CT molecular complexity index is 1000. The Hall–Kier alpha value is -2.81. The third-order valence-electron chi connectivity index (χ3n) is 4.99. The molecule has 0 amide bonds. The molecule has 30 heavy (non-hydrogen) atoms. The molecule has 3 nitrogen and oxygen atoms in total. The Balaban J connectivity index is 1.88. The van der Waals surface area contributed by atoms with E-state index >= 15 is 0 Å². The second-order valence-electron chi connectivity index (χ2n) is 6.84. The normalized spacial score (nSPS) is 11.2. The molecule has 0 saturated heterocycles. The lowest BCUT2D eigenvalue weighted by molar-refractivity contribution is 0.0525. The maximum absolute atomic E-state index is 12.2. The summed E-state index contributed by atoms with van der Waals surface area (Å²) in [4.78, 5) is 16.8. The van der Waals surface area contributed by atoms with Gasteiger partial charge in [0.2, 0.25) is 5.01 Å². The summed E-state index contributed by atoms with van der Waals surface area (Å²) in [5.74, 6) is -0.350. The summed E-state index contributed by atoms with van der Waals surface area (Å²) < 4.78 is 5.14. The molecule has 0 aliphatic carbocycles. The van der Waals surface area contributed by atoms with E-state index in [0.29, 0.717) is 11.6 Å². The third kappa shape index (κ3) is 4.07. The van der Waals surface area contributed by atoms with E-state index < -0.39 is 7.26 Å². The van der Waals surface area contributed by atoms with Gasteiger partial charge < -0.3 is 4.74 Å². The minimum absolute atomic E-state index is 0.350. The number of aromatic nitrogens is 1. The van der Waals surface area contributed by atoms with Gasteiger partial charge in [-0.2, -0.15) is 0 Å². The number of carbonyl (C=O) groups excluding carboxylic acids is 1. The van der Waals surface area contributed by atoms with E-state index in [9.17, 15) is 4.79 Å². The molecule has 0 saturated carbocycles. The molecule has 0 radical (unpaired) electrons. The van der Waals surface area contributed by atoms with Gasteiger partial charge in [-0.05, 0) is 43.3 Å². The fourth-order valence-corrected chi connectivity index (χ4v) is 8.64. The molecule has 1 heterocycles. The Morgan fingerprint density at radius 3 is 1.73 bits per heavy atom. The first-order valence-corrected chi connectivity index (χ1v) is 12.8. The highest BCUT2D eigenvalue weighted by molar-refractivity contribution is 7.95. The molecule has 4 aromatic rings. The zero-order valence-corrected chi connectivity index (χ0v) is 18.5. The van der Waals surface area contributed by atoms with Gasteiger partial charge in [0.05, 0.1) is 12.3 Å². The molecule has 5 heteroatoms. The van der Waals surface area contributed by atoms with Gasteiger partial charge in [0.1, 0.15) is 29.3 Å². The van der Waals surface area contributed by atoms with Crippen molar-refractivity contribution in [3.8, 4) is 0 Å². The SMILES string of the molecule is CCOC(=O)c1nc(C[P+](c2ccccc2)(c2ccccc2)c2ccccc2)cs1. The van der Waals surface area contributed by atoms with Crippen LogP contribution < -0.4 is 15.9 Å². The minimum Gasteiger partial charge on any atom is -0.461 e. The van der Waals surface area contributed by atoms with Gasteiger partial charge in [0.25, 0.3) is 0 Å². The molecule has 0 unspecified atom stereocenters. The molecule has 0 fully saturated rings. The number of hydrogen-bond acceptors (Lipinski definition) is 4. The van der Waals surface area contributed by atoms with Crippen molar-refractivity contribution >= 4 is 40.5 Å². The molecule has 0 spiro atoms. The van der Waals surface area contributed by atoms with E-state index in [1.807, 2.05) is 12.3 Å². The van der Waals surface area contributed by atoms with Gasteiger partial charge in [-0.25, -0.2) is 9.78 Å². The summed E-state index contributed by atoms with van der Waals surface area (Å²) in [5, 5.41) is 6.31. The maximum Gasteiger partial charge on any atom is 0.367 e. The Labute approximate surface area is 181 Å². The predicted octanol–water partition coefficient (Wildman–Crippen LogP) is 4.81. The molecular formula is C25H23NO2PS+. The Morgan fingerprint density at radius 2 is 1.30 bits per heavy atom. The lowest BCUT2D eigenvalue weighted by atomic mass is 10.4. The first-order valence-electron chi connectivity index (χ1n) is 9.90. The highest BCUT2D eigenvalue weighted by atomic mass is 32.1. The topological polar surface area (TPSA) is 39.2 Å². The van der Waals surface area contributed by atoms with Crippen LogP contribution in [0.3, 0.4) is 0 Å². The fourth-order valence-electron chi connectivity index (χ4n) is 3.68. The Kier molecular flexibility index (Phi) is 6.37. The van der Waals surface area contributed by atoms with E-state index in [-0.39, 0.29) is 5.97 Å². The number of ether oxygens (including phenoxy) is 1. The van der Waals surface area contributed by atoms with Crippen LogP contribution in [0.5, 0.6) is 0 Å². The zero-order chi connectivity index (χ0) is 20.8. The molecule has 0 aliphatic heterocycles. The van der Waals surface area contributed by atoms with Crippen LogP contribution in [0.25, 0.3) is 0 Å². The summed E-state index contributed by atoms with van der Waals surface area (Å²) in [6.45, 7) is 2.16. The van der Waals surface area contributed by atoms with Crippen LogP contribution in [0.4, 0.5) is 0 Å². The van der Waals surface area contributed by atoms with E-state index in [1.165, 1.54) is 27.3 Å². The average Bonchev–Trinajstić information content (AvgIpc) is 3.28. The smallest absolute Gasteiger partial charge is 0.367 e. The van der Waals surface area contributed by atoms with Crippen molar-refractivity contribution in [3.63, 3.8) is 0 Å². The van der Waals surface area contributed by atoms with Crippen molar-refractivity contribution in [2.24, 2.45) is 0 Å². The second kappa shape index (κ2) is 9.34. The van der Waals surface area contributed by atoms with Crippen molar-refractivity contribution in [1.82, 2.24) is 4.98 Å². The van der Waals surface area contributed by atoms with E-state index in [1.54, 1.807) is 0 Å². The van der Waals surface area contributed by atoms with E-state index in [2.05, 4.69) is 96.0 Å². The van der Waals surface area contributed by atoms with Crippen LogP contribution in [0.2, 0.25) is 0 Å². The molecule has 150 valence electrons. The van der Waals surface area contributed by atoms with Gasteiger partial charge >= 0.3 is 5.97 Å². The highest BCUT2D eigenvalue weighted by Crippen LogP contribution is 2.58. The summed E-state index contributed by atoms with van der Waals surface area (Å²) in [7, 11) is -2.02. The van der Waals surface area contributed by atoms with Crippen molar-refractivity contribution < 1.29 is 9.53 Å². The molecule has 0 atom stereocenters. The van der Waals surface area contributed by atoms with Crippen LogP contribution in [-0.4, -0.2) is 17.6 Å². The van der Waals surface area contributed by atoms with Gasteiger partial charge in [-0.15, -0.1) is 11.3 Å². The lowest BCUT2D eigenvalue weighted by Crippen LogP contribution is -2.32. The summed E-state index contributed by atoms with van der Waals surface area (Å²) in [6, 6.07) is 32.0. The van der Waals surface area contributed by atoms with Gasteiger partial charge in [-0.3, -0.25) is 0 Å². The summed E-state index contributed by atoms with van der Waals surface area (Å²) >= 11 is 1.36. The van der Waals surface area contributed by atoms with Crippen LogP contribution in [0.15, 0.2) is 96.4 Å². The lowest BCUT2D eigenvalue weighted by Gasteiger charge is -2.27. The molecular weight excluding hydrogens is 409 g/mol. The van der Waals surface area contributed by atoms with Crippen molar-refractivity contribution in [1.29, 1.82) is 0 Å². The fraction of sp³-hybridized carbons (Fsp3) is 0.120. The number of nitrogens with zero attached hydrogens (tertiary/aromatic N) is 1. The van der Waals surface area contributed by atoms with Gasteiger partial charge in [-0.1, -0.05) is 54.6 Å². The van der Waals surface area contributed by atoms with Crippen molar-refractivity contribution in [2.45, 2.75) is 13.1 Å². The number of hydrogen-bond donors (Lipinski definition) is 0. The molecule has 3 aromatic carbocycles. The molecule has 0 aliphatic rings. The second-order valence-corrected chi connectivity index (χ2v) is 11.2. The van der Waals surface area contributed by atoms with Crippen molar-refractivity contribution in [3.05, 3.63) is 107 Å². The highest BCUT2D eigenvalue weighted by Gasteiger charge is 2.46. The van der Waals surface area contributed by atoms with Crippen LogP contribution in [0, 0.1) is 0 Å². The van der Waals surface area contributed by atoms with Crippen LogP contribution in [-0.2, 0) is 10.9 Å². The monoisotopic (exact) mass is 432 g/mol. The van der Waals surface area contributed by atoms with Crippen molar-refractivity contribution in [2.75, 3.05) is 6.61 Å².